The molecule has 4 heteroatoms. The molecule has 0 spiro atoms. The minimum Gasteiger partial charge on any atom is -0.396 e. The standard InChI is InChI=1S/C7H14O4/c1-5-4-10-7(11-5)6(9)2-3-8/h5-9H,2-4H2,1H3. The van der Waals surface area contributed by atoms with Crippen molar-refractivity contribution in [1.29, 1.82) is 0 Å². The van der Waals surface area contributed by atoms with Crippen LogP contribution in [0.15, 0.2) is 0 Å². The molecule has 1 aliphatic heterocycles. The fraction of sp³-hybridized carbons (Fsp3) is 1.00. The average molecular weight is 162 g/mol. The van der Waals surface area contributed by atoms with Gasteiger partial charge in [-0.05, 0) is 6.92 Å². The van der Waals surface area contributed by atoms with Crippen LogP contribution < -0.4 is 0 Å². The van der Waals surface area contributed by atoms with Crippen LogP contribution in [0.1, 0.15) is 13.3 Å². The number of aliphatic hydroxyl groups is 2. The van der Waals surface area contributed by atoms with Crippen LogP contribution in [0.5, 0.6) is 0 Å². The molecule has 66 valence electrons. The van der Waals surface area contributed by atoms with E-state index in [1.807, 2.05) is 6.92 Å². The molecule has 0 bridgehead atoms. The summed E-state index contributed by atoms with van der Waals surface area (Å²) in [5.41, 5.74) is 0. The van der Waals surface area contributed by atoms with E-state index in [1.165, 1.54) is 0 Å². The van der Waals surface area contributed by atoms with Crippen molar-refractivity contribution in [1.82, 2.24) is 0 Å². The van der Waals surface area contributed by atoms with Crippen molar-refractivity contribution in [2.24, 2.45) is 0 Å². The highest BCUT2D eigenvalue weighted by atomic mass is 16.7. The van der Waals surface area contributed by atoms with Gasteiger partial charge in [0.05, 0.1) is 12.7 Å². The van der Waals surface area contributed by atoms with Crippen molar-refractivity contribution in [2.75, 3.05) is 13.2 Å². The van der Waals surface area contributed by atoms with Crippen LogP contribution in [0.4, 0.5) is 0 Å². The molecule has 0 saturated carbocycles. The second kappa shape index (κ2) is 4.01. The largest absolute Gasteiger partial charge is 0.396 e. The van der Waals surface area contributed by atoms with Crippen LogP contribution in [0.3, 0.4) is 0 Å². The molecule has 11 heavy (non-hydrogen) atoms. The van der Waals surface area contributed by atoms with Crippen LogP contribution in [0.25, 0.3) is 0 Å². The number of hydrogen-bond acceptors (Lipinski definition) is 4. The van der Waals surface area contributed by atoms with E-state index in [2.05, 4.69) is 0 Å². The highest BCUT2D eigenvalue weighted by molar-refractivity contribution is 4.67. The summed E-state index contributed by atoms with van der Waals surface area (Å²) in [6.45, 7) is 2.36. The Labute approximate surface area is 65.7 Å². The Morgan fingerprint density at radius 3 is 2.82 bits per heavy atom. The second-order valence-electron chi connectivity index (χ2n) is 2.73. The fourth-order valence-electron chi connectivity index (χ4n) is 1.01. The summed E-state index contributed by atoms with van der Waals surface area (Å²) in [5.74, 6) is 0. The second-order valence-corrected chi connectivity index (χ2v) is 2.73. The average Bonchev–Trinajstić information content (AvgIpc) is 2.36. The van der Waals surface area contributed by atoms with Gasteiger partial charge in [-0.15, -0.1) is 0 Å². The van der Waals surface area contributed by atoms with Crippen LogP contribution in [0.2, 0.25) is 0 Å². The lowest BCUT2D eigenvalue weighted by atomic mass is 10.2. The van der Waals surface area contributed by atoms with Gasteiger partial charge in [-0.2, -0.15) is 0 Å². The molecule has 1 heterocycles. The van der Waals surface area contributed by atoms with Crippen molar-refractivity contribution in [3.63, 3.8) is 0 Å². The monoisotopic (exact) mass is 162 g/mol. The minimum absolute atomic E-state index is 0.0429. The van der Waals surface area contributed by atoms with Crippen molar-refractivity contribution in [3.8, 4) is 0 Å². The highest BCUT2D eigenvalue weighted by Crippen LogP contribution is 2.15. The highest BCUT2D eigenvalue weighted by Gasteiger charge is 2.28. The molecule has 1 saturated heterocycles. The maximum atomic E-state index is 9.26. The molecular formula is C7H14O4. The molecule has 3 unspecified atom stereocenters. The van der Waals surface area contributed by atoms with Gasteiger partial charge >= 0.3 is 0 Å². The molecule has 0 aromatic heterocycles. The van der Waals surface area contributed by atoms with E-state index in [1.54, 1.807) is 0 Å². The van der Waals surface area contributed by atoms with E-state index in [9.17, 15) is 5.11 Å². The SMILES string of the molecule is CC1COC(C(O)CCO)O1. The normalized spacial score (nSPS) is 34.1. The minimum atomic E-state index is -0.704. The van der Waals surface area contributed by atoms with Crippen LogP contribution >= 0.6 is 0 Å². The zero-order valence-electron chi connectivity index (χ0n) is 6.56. The molecule has 0 radical (unpaired) electrons. The van der Waals surface area contributed by atoms with Gasteiger partial charge in [-0.3, -0.25) is 0 Å². The first-order chi connectivity index (χ1) is 5.24. The van der Waals surface area contributed by atoms with E-state index in [0.29, 0.717) is 13.0 Å². The summed E-state index contributed by atoms with van der Waals surface area (Å²) >= 11 is 0. The van der Waals surface area contributed by atoms with E-state index in [4.69, 9.17) is 14.6 Å². The lowest BCUT2D eigenvalue weighted by molar-refractivity contribution is -0.133. The zero-order valence-corrected chi connectivity index (χ0v) is 6.56. The topological polar surface area (TPSA) is 58.9 Å². The molecule has 1 fully saturated rings. The first-order valence-electron chi connectivity index (χ1n) is 3.80. The van der Waals surface area contributed by atoms with Crippen molar-refractivity contribution in [2.45, 2.75) is 31.8 Å². The van der Waals surface area contributed by atoms with Gasteiger partial charge in [0.15, 0.2) is 6.29 Å². The van der Waals surface area contributed by atoms with E-state index in [-0.39, 0.29) is 12.7 Å². The van der Waals surface area contributed by atoms with E-state index < -0.39 is 12.4 Å². The van der Waals surface area contributed by atoms with Gasteiger partial charge in [-0.1, -0.05) is 0 Å². The molecule has 0 aromatic carbocycles. The van der Waals surface area contributed by atoms with E-state index >= 15 is 0 Å². The Morgan fingerprint density at radius 2 is 2.36 bits per heavy atom. The summed E-state index contributed by atoms with van der Waals surface area (Å²) in [5, 5.41) is 17.7. The van der Waals surface area contributed by atoms with Gasteiger partial charge in [0.25, 0.3) is 0 Å². The summed E-state index contributed by atoms with van der Waals surface area (Å²) in [6.07, 6.45) is -0.896. The Balaban J connectivity index is 2.25. The number of ether oxygens (including phenoxy) is 2. The zero-order chi connectivity index (χ0) is 8.27. The third-order valence-corrected chi connectivity index (χ3v) is 1.60. The lowest BCUT2D eigenvalue weighted by Gasteiger charge is -2.15. The van der Waals surface area contributed by atoms with Crippen LogP contribution in [0, 0.1) is 0 Å². The number of aliphatic hydroxyl groups excluding tert-OH is 2. The van der Waals surface area contributed by atoms with Gasteiger partial charge in [0.1, 0.15) is 6.10 Å². The Morgan fingerprint density at radius 1 is 1.64 bits per heavy atom. The maximum Gasteiger partial charge on any atom is 0.184 e. The van der Waals surface area contributed by atoms with Gasteiger partial charge < -0.3 is 19.7 Å². The summed E-state index contributed by atoms with van der Waals surface area (Å²) < 4.78 is 10.3. The molecular weight excluding hydrogens is 148 g/mol. The van der Waals surface area contributed by atoms with Crippen molar-refractivity contribution >= 4 is 0 Å². The molecule has 0 aromatic rings. The molecule has 2 N–H and O–H groups in total. The van der Waals surface area contributed by atoms with Crippen LogP contribution in [-0.2, 0) is 9.47 Å². The quantitative estimate of drug-likeness (QED) is 0.587. The molecule has 4 nitrogen and oxygen atoms in total. The lowest BCUT2D eigenvalue weighted by Crippen LogP contribution is -2.28. The smallest absolute Gasteiger partial charge is 0.184 e. The number of rotatable bonds is 3. The molecule has 1 rings (SSSR count). The van der Waals surface area contributed by atoms with Gasteiger partial charge in [0, 0.05) is 13.0 Å². The van der Waals surface area contributed by atoms with Gasteiger partial charge in [0.2, 0.25) is 0 Å². The number of hydrogen-bond donors (Lipinski definition) is 2. The molecule has 0 amide bonds. The van der Waals surface area contributed by atoms with Crippen molar-refractivity contribution in [3.05, 3.63) is 0 Å². The summed E-state index contributed by atoms with van der Waals surface area (Å²) in [4.78, 5) is 0. The van der Waals surface area contributed by atoms with Gasteiger partial charge in [-0.25, -0.2) is 0 Å². The Kier molecular flexibility index (Phi) is 3.26. The summed E-state index contributed by atoms with van der Waals surface area (Å²) in [6, 6.07) is 0. The van der Waals surface area contributed by atoms with E-state index in [0.717, 1.165) is 0 Å². The first kappa shape index (κ1) is 8.93. The third-order valence-electron chi connectivity index (χ3n) is 1.60. The fourth-order valence-corrected chi connectivity index (χ4v) is 1.01. The predicted molar refractivity (Wildman–Crippen MR) is 38.0 cm³/mol. The van der Waals surface area contributed by atoms with Crippen molar-refractivity contribution < 1.29 is 19.7 Å². The van der Waals surface area contributed by atoms with Crippen LogP contribution in [-0.4, -0.2) is 41.9 Å². The summed E-state index contributed by atoms with van der Waals surface area (Å²) in [7, 11) is 0. The predicted octanol–water partition coefficient (Wildman–Crippen LogP) is -0.509. The Hall–Kier alpha value is -0.160. The first-order valence-corrected chi connectivity index (χ1v) is 3.80. The Bertz CT molecular complexity index is 117. The third kappa shape index (κ3) is 2.41. The maximum absolute atomic E-state index is 9.26. The molecule has 3 atom stereocenters. The molecule has 1 aliphatic rings. The molecule has 0 aliphatic carbocycles.